The predicted molar refractivity (Wildman–Crippen MR) is 85.6 cm³/mol. The highest BCUT2D eigenvalue weighted by molar-refractivity contribution is 5.48. The van der Waals surface area contributed by atoms with Crippen molar-refractivity contribution in [1.82, 2.24) is 0 Å². The van der Waals surface area contributed by atoms with E-state index < -0.39 is 0 Å². The Morgan fingerprint density at radius 2 is 2.14 bits per heavy atom. The third kappa shape index (κ3) is 7.01. The standard InChI is InChI=1S/C17H26N2O2/c1-14(13-17(2,3)20-4)19-15-8-7-9-16(12-15)21-11-6-5-10-18/h7-9,12,14,19H,5-6,11,13H2,1-4H3. The lowest BCUT2D eigenvalue weighted by atomic mass is 10.00. The molecule has 0 heterocycles. The van der Waals surface area contributed by atoms with E-state index in [2.05, 4.69) is 32.2 Å². The number of anilines is 1. The van der Waals surface area contributed by atoms with Gasteiger partial charge in [0, 0.05) is 31.3 Å². The summed E-state index contributed by atoms with van der Waals surface area (Å²) >= 11 is 0. The Labute approximate surface area is 128 Å². The third-order valence-electron chi connectivity index (χ3n) is 3.30. The summed E-state index contributed by atoms with van der Waals surface area (Å²) in [5.74, 6) is 0.830. The second-order valence-corrected chi connectivity index (χ2v) is 5.85. The van der Waals surface area contributed by atoms with E-state index in [1.54, 1.807) is 7.11 Å². The summed E-state index contributed by atoms with van der Waals surface area (Å²) < 4.78 is 11.1. The highest BCUT2D eigenvalue weighted by Gasteiger charge is 2.20. The molecule has 0 aliphatic heterocycles. The molecule has 116 valence electrons. The first-order valence-corrected chi connectivity index (χ1v) is 7.38. The number of methoxy groups -OCH3 is 1. The molecule has 0 bridgehead atoms. The van der Waals surface area contributed by atoms with Crippen molar-refractivity contribution in [3.63, 3.8) is 0 Å². The van der Waals surface area contributed by atoms with Crippen molar-refractivity contribution in [2.45, 2.75) is 51.7 Å². The Morgan fingerprint density at radius 3 is 2.81 bits per heavy atom. The van der Waals surface area contributed by atoms with Gasteiger partial charge in [-0.1, -0.05) is 6.07 Å². The lowest BCUT2D eigenvalue weighted by Crippen LogP contribution is -2.31. The molecular formula is C17H26N2O2. The monoisotopic (exact) mass is 290 g/mol. The van der Waals surface area contributed by atoms with Gasteiger partial charge in [0.15, 0.2) is 0 Å². The van der Waals surface area contributed by atoms with Gasteiger partial charge in [-0.2, -0.15) is 5.26 Å². The van der Waals surface area contributed by atoms with Crippen LogP contribution in [-0.2, 0) is 4.74 Å². The van der Waals surface area contributed by atoms with Crippen molar-refractivity contribution in [3.05, 3.63) is 24.3 Å². The molecule has 0 radical (unpaired) electrons. The molecule has 0 saturated carbocycles. The molecule has 0 amide bonds. The van der Waals surface area contributed by atoms with Crippen molar-refractivity contribution in [2.75, 3.05) is 19.0 Å². The number of ether oxygens (including phenoxy) is 2. The van der Waals surface area contributed by atoms with Crippen LogP contribution < -0.4 is 10.1 Å². The van der Waals surface area contributed by atoms with Gasteiger partial charge in [-0.25, -0.2) is 0 Å². The molecule has 0 saturated heterocycles. The lowest BCUT2D eigenvalue weighted by molar-refractivity contribution is 0.0128. The van der Waals surface area contributed by atoms with E-state index in [9.17, 15) is 0 Å². The molecule has 0 aliphatic carbocycles. The molecule has 0 aromatic heterocycles. The summed E-state index contributed by atoms with van der Waals surface area (Å²) in [6.45, 7) is 6.88. The smallest absolute Gasteiger partial charge is 0.121 e. The number of benzene rings is 1. The van der Waals surface area contributed by atoms with Gasteiger partial charge in [0.1, 0.15) is 5.75 Å². The van der Waals surface area contributed by atoms with E-state index in [0.29, 0.717) is 19.1 Å². The zero-order valence-electron chi connectivity index (χ0n) is 13.5. The fourth-order valence-electron chi connectivity index (χ4n) is 2.17. The Balaban J connectivity index is 2.50. The van der Waals surface area contributed by atoms with Crippen LogP contribution in [0.1, 0.15) is 40.0 Å². The summed E-state index contributed by atoms with van der Waals surface area (Å²) in [7, 11) is 1.74. The molecule has 0 fully saturated rings. The fraction of sp³-hybridized carbons (Fsp3) is 0.588. The van der Waals surface area contributed by atoms with E-state index in [-0.39, 0.29) is 5.60 Å². The number of unbranched alkanes of at least 4 members (excludes halogenated alkanes) is 1. The lowest BCUT2D eigenvalue weighted by Gasteiger charge is -2.27. The zero-order valence-corrected chi connectivity index (χ0v) is 13.5. The molecule has 1 unspecified atom stereocenters. The number of nitrogens with one attached hydrogen (secondary N) is 1. The topological polar surface area (TPSA) is 54.3 Å². The number of nitriles is 1. The summed E-state index contributed by atoms with van der Waals surface area (Å²) in [4.78, 5) is 0. The van der Waals surface area contributed by atoms with Crippen molar-refractivity contribution < 1.29 is 9.47 Å². The SMILES string of the molecule is COC(C)(C)CC(C)Nc1cccc(OCCCC#N)c1. The first-order chi connectivity index (χ1) is 9.96. The van der Waals surface area contributed by atoms with Crippen LogP contribution in [0, 0.1) is 11.3 Å². The van der Waals surface area contributed by atoms with Gasteiger partial charge in [-0.05, 0) is 45.7 Å². The minimum atomic E-state index is -0.141. The summed E-state index contributed by atoms with van der Waals surface area (Å²) in [6.07, 6.45) is 2.20. The quantitative estimate of drug-likeness (QED) is 0.699. The van der Waals surface area contributed by atoms with E-state index in [4.69, 9.17) is 14.7 Å². The van der Waals surface area contributed by atoms with Crippen LogP contribution in [0.3, 0.4) is 0 Å². The Kier molecular flexibility index (Phi) is 7.04. The van der Waals surface area contributed by atoms with E-state index in [1.165, 1.54) is 0 Å². The van der Waals surface area contributed by atoms with Crippen molar-refractivity contribution in [1.29, 1.82) is 5.26 Å². The maximum atomic E-state index is 8.49. The van der Waals surface area contributed by atoms with E-state index in [0.717, 1.165) is 24.3 Å². The van der Waals surface area contributed by atoms with Crippen LogP contribution in [-0.4, -0.2) is 25.4 Å². The molecule has 21 heavy (non-hydrogen) atoms. The van der Waals surface area contributed by atoms with Gasteiger partial charge in [-0.3, -0.25) is 0 Å². The molecule has 4 heteroatoms. The number of hydrogen-bond donors (Lipinski definition) is 1. The maximum absolute atomic E-state index is 8.49. The maximum Gasteiger partial charge on any atom is 0.121 e. The van der Waals surface area contributed by atoms with Crippen LogP contribution in [0.4, 0.5) is 5.69 Å². The number of hydrogen-bond acceptors (Lipinski definition) is 4. The van der Waals surface area contributed by atoms with Crippen molar-refractivity contribution in [3.8, 4) is 11.8 Å². The first-order valence-electron chi connectivity index (χ1n) is 7.38. The van der Waals surface area contributed by atoms with E-state index in [1.807, 2.05) is 24.3 Å². The van der Waals surface area contributed by atoms with Gasteiger partial charge in [0.25, 0.3) is 0 Å². The van der Waals surface area contributed by atoms with Crippen LogP contribution in [0.25, 0.3) is 0 Å². The molecule has 1 aromatic rings. The predicted octanol–water partition coefficient (Wildman–Crippen LogP) is 3.98. The van der Waals surface area contributed by atoms with Crippen LogP contribution >= 0.6 is 0 Å². The first kappa shape index (κ1) is 17.3. The average molecular weight is 290 g/mol. The largest absolute Gasteiger partial charge is 0.493 e. The van der Waals surface area contributed by atoms with Crippen LogP contribution in [0.15, 0.2) is 24.3 Å². The molecule has 0 spiro atoms. The van der Waals surface area contributed by atoms with E-state index >= 15 is 0 Å². The van der Waals surface area contributed by atoms with Gasteiger partial charge >= 0.3 is 0 Å². The normalized spacial score (nSPS) is 12.5. The molecule has 4 nitrogen and oxygen atoms in total. The van der Waals surface area contributed by atoms with Gasteiger partial charge in [-0.15, -0.1) is 0 Å². The molecule has 1 atom stereocenters. The Bertz CT molecular complexity index is 466. The summed E-state index contributed by atoms with van der Waals surface area (Å²) in [6, 6.07) is 10.3. The minimum Gasteiger partial charge on any atom is -0.493 e. The average Bonchev–Trinajstić information content (AvgIpc) is 2.43. The van der Waals surface area contributed by atoms with Crippen molar-refractivity contribution >= 4 is 5.69 Å². The molecule has 1 N–H and O–H groups in total. The van der Waals surface area contributed by atoms with Gasteiger partial charge in [0.2, 0.25) is 0 Å². The summed E-state index contributed by atoms with van der Waals surface area (Å²) in [5, 5.41) is 12.0. The van der Waals surface area contributed by atoms with Crippen molar-refractivity contribution in [2.24, 2.45) is 0 Å². The Hall–Kier alpha value is -1.73. The summed E-state index contributed by atoms with van der Waals surface area (Å²) in [5.41, 5.74) is 0.893. The second kappa shape index (κ2) is 8.53. The minimum absolute atomic E-state index is 0.141. The molecule has 1 rings (SSSR count). The van der Waals surface area contributed by atoms with Crippen LogP contribution in [0.5, 0.6) is 5.75 Å². The van der Waals surface area contributed by atoms with Gasteiger partial charge in [0.05, 0.1) is 18.3 Å². The highest BCUT2D eigenvalue weighted by atomic mass is 16.5. The Morgan fingerprint density at radius 1 is 1.38 bits per heavy atom. The second-order valence-electron chi connectivity index (χ2n) is 5.85. The highest BCUT2D eigenvalue weighted by Crippen LogP contribution is 2.21. The zero-order chi connectivity index (χ0) is 15.7. The molecular weight excluding hydrogens is 264 g/mol. The van der Waals surface area contributed by atoms with Crippen LogP contribution in [0.2, 0.25) is 0 Å². The number of nitrogens with zero attached hydrogens (tertiary/aromatic N) is 1. The number of rotatable bonds is 9. The fourth-order valence-corrected chi connectivity index (χ4v) is 2.17. The third-order valence-corrected chi connectivity index (χ3v) is 3.30. The van der Waals surface area contributed by atoms with Gasteiger partial charge < -0.3 is 14.8 Å². The molecule has 1 aromatic carbocycles. The molecule has 0 aliphatic rings.